The minimum atomic E-state index is -0.763. The van der Waals surface area contributed by atoms with Crippen molar-refractivity contribution in [2.75, 3.05) is 13.2 Å². The van der Waals surface area contributed by atoms with Gasteiger partial charge in [0.25, 0.3) is 11.5 Å². The van der Waals surface area contributed by atoms with Crippen LogP contribution in [0.1, 0.15) is 0 Å². The van der Waals surface area contributed by atoms with Gasteiger partial charge < -0.3 is 14.8 Å². The van der Waals surface area contributed by atoms with Gasteiger partial charge in [0.1, 0.15) is 12.4 Å². The van der Waals surface area contributed by atoms with Crippen LogP contribution in [0.25, 0.3) is 10.9 Å². The molecule has 2 heterocycles. The molecule has 0 spiro atoms. The third kappa shape index (κ3) is 3.46. The lowest BCUT2D eigenvalue weighted by Gasteiger charge is -2.25. The summed E-state index contributed by atoms with van der Waals surface area (Å²) in [5, 5.41) is 2.91. The van der Waals surface area contributed by atoms with Crippen LogP contribution >= 0.6 is 0 Å². The van der Waals surface area contributed by atoms with E-state index >= 15 is 0 Å². The second-order valence-corrected chi connectivity index (χ2v) is 6.06. The van der Waals surface area contributed by atoms with Crippen molar-refractivity contribution >= 4 is 16.8 Å². The van der Waals surface area contributed by atoms with Gasteiger partial charge in [0.15, 0.2) is 11.5 Å². The number of carbonyl (C=O) groups excluding carboxylic acids is 1. The summed E-state index contributed by atoms with van der Waals surface area (Å²) in [6.45, 7) is 0.510. The SMILES string of the molecule is O=C(NCCn1cnc2ccc(F)cc2c1=O)[C@H]1COc2ccccc2O1. The number of hydrogen-bond donors (Lipinski definition) is 1. The average Bonchev–Trinajstić information content (AvgIpc) is 2.69. The van der Waals surface area contributed by atoms with Gasteiger partial charge >= 0.3 is 0 Å². The van der Waals surface area contributed by atoms with E-state index < -0.39 is 11.9 Å². The van der Waals surface area contributed by atoms with Crippen molar-refractivity contribution in [1.29, 1.82) is 0 Å². The van der Waals surface area contributed by atoms with Gasteiger partial charge in [-0.15, -0.1) is 0 Å². The third-order valence-electron chi connectivity index (χ3n) is 4.24. The molecule has 138 valence electrons. The van der Waals surface area contributed by atoms with Gasteiger partial charge in [-0.05, 0) is 30.3 Å². The molecule has 27 heavy (non-hydrogen) atoms. The number of nitrogens with one attached hydrogen (secondary N) is 1. The quantitative estimate of drug-likeness (QED) is 0.754. The highest BCUT2D eigenvalue weighted by molar-refractivity contribution is 5.81. The van der Waals surface area contributed by atoms with Gasteiger partial charge in [-0.1, -0.05) is 12.1 Å². The fraction of sp³-hybridized carbons (Fsp3) is 0.211. The van der Waals surface area contributed by atoms with E-state index in [1.807, 2.05) is 6.07 Å². The first-order valence-electron chi connectivity index (χ1n) is 8.43. The minimum absolute atomic E-state index is 0.111. The van der Waals surface area contributed by atoms with Crippen molar-refractivity contribution in [1.82, 2.24) is 14.9 Å². The summed E-state index contributed by atoms with van der Waals surface area (Å²) in [7, 11) is 0. The van der Waals surface area contributed by atoms with Crippen molar-refractivity contribution < 1.29 is 18.7 Å². The molecule has 4 rings (SSSR count). The molecule has 0 radical (unpaired) electrons. The normalized spacial score (nSPS) is 15.5. The molecule has 0 bridgehead atoms. The molecule has 1 N–H and O–H groups in total. The van der Waals surface area contributed by atoms with E-state index in [-0.39, 0.29) is 36.5 Å². The molecule has 1 aromatic heterocycles. The number of benzene rings is 2. The molecule has 3 aromatic rings. The molecule has 0 aliphatic carbocycles. The standard InChI is InChI=1S/C19H16FN3O4/c20-12-5-6-14-13(9-12)19(25)23(11-22-14)8-7-21-18(24)17-10-26-15-3-1-2-4-16(15)27-17/h1-6,9,11,17H,7-8,10H2,(H,21,24)/t17-/m1/s1. The Labute approximate surface area is 153 Å². The van der Waals surface area contributed by atoms with Gasteiger partial charge in [-0.3, -0.25) is 14.2 Å². The molecular weight excluding hydrogens is 353 g/mol. The van der Waals surface area contributed by atoms with Crippen molar-refractivity contribution in [2.45, 2.75) is 12.6 Å². The van der Waals surface area contributed by atoms with Crippen LogP contribution in [0.2, 0.25) is 0 Å². The Hall–Kier alpha value is -3.42. The lowest BCUT2D eigenvalue weighted by atomic mass is 10.2. The van der Waals surface area contributed by atoms with Crippen LogP contribution in [-0.2, 0) is 11.3 Å². The Balaban J connectivity index is 1.39. The second kappa shape index (κ2) is 7.06. The summed E-state index contributed by atoms with van der Waals surface area (Å²) in [6.07, 6.45) is 0.617. The van der Waals surface area contributed by atoms with Crippen LogP contribution < -0.4 is 20.3 Å². The van der Waals surface area contributed by atoms with Gasteiger partial charge in [-0.25, -0.2) is 9.37 Å². The van der Waals surface area contributed by atoms with E-state index in [2.05, 4.69) is 10.3 Å². The summed E-state index contributed by atoms with van der Waals surface area (Å²) in [5.74, 6) is 0.281. The number of carbonyl (C=O) groups is 1. The summed E-state index contributed by atoms with van der Waals surface area (Å²) >= 11 is 0. The number of fused-ring (bicyclic) bond motifs is 2. The van der Waals surface area contributed by atoms with Crippen molar-refractivity contribution in [3.05, 3.63) is 65.0 Å². The molecule has 1 aliphatic rings. The predicted octanol–water partition coefficient (Wildman–Crippen LogP) is 1.49. The van der Waals surface area contributed by atoms with Gasteiger partial charge in [0.2, 0.25) is 6.10 Å². The van der Waals surface area contributed by atoms with Crippen molar-refractivity contribution in [3.8, 4) is 11.5 Å². The fourth-order valence-corrected chi connectivity index (χ4v) is 2.85. The van der Waals surface area contributed by atoms with Crippen LogP contribution in [0.5, 0.6) is 11.5 Å². The predicted molar refractivity (Wildman–Crippen MR) is 95.3 cm³/mol. The molecule has 0 unspecified atom stereocenters. The van der Waals surface area contributed by atoms with Crippen LogP contribution in [-0.4, -0.2) is 34.7 Å². The maximum atomic E-state index is 13.4. The van der Waals surface area contributed by atoms with Crippen molar-refractivity contribution in [3.63, 3.8) is 0 Å². The van der Waals surface area contributed by atoms with E-state index in [4.69, 9.17) is 9.47 Å². The maximum Gasteiger partial charge on any atom is 0.264 e. The second-order valence-electron chi connectivity index (χ2n) is 6.06. The largest absolute Gasteiger partial charge is 0.485 e. The molecule has 0 saturated heterocycles. The molecule has 0 saturated carbocycles. The van der Waals surface area contributed by atoms with Gasteiger partial charge in [0.05, 0.1) is 17.2 Å². The average molecular weight is 369 g/mol. The molecule has 1 atom stereocenters. The molecule has 7 nitrogen and oxygen atoms in total. The highest BCUT2D eigenvalue weighted by Gasteiger charge is 2.26. The number of para-hydroxylation sites is 2. The summed E-state index contributed by atoms with van der Waals surface area (Å²) in [5.41, 5.74) is 0.0630. The zero-order valence-corrected chi connectivity index (χ0v) is 14.2. The summed E-state index contributed by atoms with van der Waals surface area (Å²) in [6, 6.07) is 11.0. The Kier molecular flexibility index (Phi) is 4.45. The highest BCUT2D eigenvalue weighted by Crippen LogP contribution is 2.30. The smallest absolute Gasteiger partial charge is 0.264 e. The monoisotopic (exact) mass is 369 g/mol. The third-order valence-corrected chi connectivity index (χ3v) is 4.24. The first kappa shape index (κ1) is 17.0. The molecule has 1 aliphatic heterocycles. The molecule has 8 heteroatoms. The van der Waals surface area contributed by atoms with E-state index in [0.29, 0.717) is 17.0 Å². The van der Waals surface area contributed by atoms with Gasteiger partial charge in [0, 0.05) is 13.1 Å². The Bertz CT molecular complexity index is 1070. The van der Waals surface area contributed by atoms with Crippen LogP contribution in [0.4, 0.5) is 4.39 Å². The summed E-state index contributed by atoms with van der Waals surface area (Å²) in [4.78, 5) is 28.8. The topological polar surface area (TPSA) is 82.5 Å². The van der Waals surface area contributed by atoms with Crippen LogP contribution in [0.15, 0.2) is 53.6 Å². The zero-order chi connectivity index (χ0) is 18.8. The van der Waals surface area contributed by atoms with Crippen LogP contribution in [0, 0.1) is 5.82 Å². The summed E-state index contributed by atoms with van der Waals surface area (Å²) < 4.78 is 25.8. The maximum absolute atomic E-state index is 13.4. The number of halogens is 1. The minimum Gasteiger partial charge on any atom is -0.485 e. The van der Waals surface area contributed by atoms with Gasteiger partial charge in [-0.2, -0.15) is 0 Å². The number of aromatic nitrogens is 2. The van der Waals surface area contributed by atoms with E-state index in [1.165, 1.54) is 23.0 Å². The first-order chi connectivity index (χ1) is 13.1. The number of amides is 1. The lowest BCUT2D eigenvalue weighted by Crippen LogP contribution is -2.45. The van der Waals surface area contributed by atoms with Crippen molar-refractivity contribution in [2.24, 2.45) is 0 Å². The van der Waals surface area contributed by atoms with E-state index in [1.54, 1.807) is 18.2 Å². The lowest BCUT2D eigenvalue weighted by molar-refractivity contribution is -0.130. The fourth-order valence-electron chi connectivity index (χ4n) is 2.85. The van der Waals surface area contributed by atoms with Crippen LogP contribution in [0.3, 0.4) is 0 Å². The molecular formula is C19H16FN3O4. The molecule has 1 amide bonds. The molecule has 2 aromatic carbocycles. The first-order valence-corrected chi connectivity index (χ1v) is 8.43. The Morgan fingerprint density at radius 2 is 2.07 bits per heavy atom. The van der Waals surface area contributed by atoms with E-state index in [0.717, 1.165) is 6.07 Å². The highest BCUT2D eigenvalue weighted by atomic mass is 19.1. The Morgan fingerprint density at radius 3 is 2.93 bits per heavy atom. The number of rotatable bonds is 4. The number of nitrogens with zero attached hydrogens (tertiary/aromatic N) is 2. The number of ether oxygens (including phenoxy) is 2. The Morgan fingerprint density at radius 1 is 1.26 bits per heavy atom. The number of hydrogen-bond acceptors (Lipinski definition) is 5. The molecule has 0 fully saturated rings. The zero-order valence-electron chi connectivity index (χ0n) is 14.2. The van der Waals surface area contributed by atoms with E-state index in [9.17, 15) is 14.0 Å².